The molecule has 130 valence electrons. The van der Waals surface area contributed by atoms with Crippen LogP contribution in [0.15, 0.2) is 54.6 Å². The number of ether oxygens (including phenoxy) is 2. The van der Waals surface area contributed by atoms with Crippen molar-refractivity contribution in [2.45, 2.75) is 13.0 Å². The van der Waals surface area contributed by atoms with Gasteiger partial charge in [0, 0.05) is 18.5 Å². The van der Waals surface area contributed by atoms with Crippen LogP contribution >= 0.6 is 0 Å². The first kappa shape index (κ1) is 18.4. The number of alkyl carbamates (subject to hydrolysis) is 1. The van der Waals surface area contributed by atoms with Crippen LogP contribution in [0.1, 0.15) is 17.5 Å². The predicted octanol–water partition coefficient (Wildman–Crippen LogP) is 2.73. The van der Waals surface area contributed by atoms with Gasteiger partial charge < -0.3 is 19.9 Å². The van der Waals surface area contributed by atoms with Crippen molar-refractivity contribution in [2.24, 2.45) is 0 Å². The Kier molecular flexibility index (Phi) is 7.89. The van der Waals surface area contributed by atoms with Crippen LogP contribution in [0.4, 0.5) is 4.79 Å². The van der Waals surface area contributed by atoms with Gasteiger partial charge in [0.25, 0.3) is 0 Å². The molecule has 2 aromatic carbocycles. The zero-order valence-electron chi connectivity index (χ0n) is 13.9. The first-order valence-electron chi connectivity index (χ1n) is 8.05. The standard InChI is InChI=1S/C20H21NO4/c22-14-15-24-19-11-9-17(10-12-19)6-4-5-13-21-20(23)25-16-18-7-2-1-3-8-18/h1-3,7-12,22H,5,13-16H2,(H,21,23). The molecule has 2 aromatic rings. The van der Waals surface area contributed by atoms with E-state index in [1.807, 2.05) is 42.5 Å². The lowest BCUT2D eigenvalue weighted by Gasteiger charge is -2.05. The predicted molar refractivity (Wildman–Crippen MR) is 95.1 cm³/mol. The molecule has 1 amide bonds. The first-order chi connectivity index (χ1) is 12.3. The lowest BCUT2D eigenvalue weighted by Crippen LogP contribution is -2.24. The minimum Gasteiger partial charge on any atom is -0.491 e. The molecule has 2 N–H and O–H groups in total. The average Bonchev–Trinajstić information content (AvgIpc) is 2.66. The number of hydrogen-bond donors (Lipinski definition) is 2. The average molecular weight is 339 g/mol. The van der Waals surface area contributed by atoms with Crippen LogP contribution in [-0.4, -0.2) is 31.0 Å². The van der Waals surface area contributed by atoms with Crippen LogP contribution < -0.4 is 10.1 Å². The number of hydrogen-bond acceptors (Lipinski definition) is 4. The van der Waals surface area contributed by atoms with E-state index in [-0.39, 0.29) is 19.8 Å². The first-order valence-corrected chi connectivity index (χ1v) is 8.05. The summed E-state index contributed by atoms with van der Waals surface area (Å²) in [6.45, 7) is 0.945. The van der Waals surface area contributed by atoms with Gasteiger partial charge in [0.1, 0.15) is 19.0 Å². The molecule has 0 radical (unpaired) electrons. The quantitative estimate of drug-likeness (QED) is 0.601. The maximum Gasteiger partial charge on any atom is 0.407 e. The molecule has 5 heteroatoms. The van der Waals surface area contributed by atoms with Crippen LogP contribution in [0.2, 0.25) is 0 Å². The molecule has 0 aliphatic rings. The summed E-state index contributed by atoms with van der Waals surface area (Å²) < 4.78 is 10.4. The maximum absolute atomic E-state index is 11.6. The molecule has 0 unspecified atom stereocenters. The zero-order valence-corrected chi connectivity index (χ0v) is 13.9. The fourth-order valence-corrected chi connectivity index (χ4v) is 1.96. The molecule has 0 saturated carbocycles. The van der Waals surface area contributed by atoms with E-state index in [2.05, 4.69) is 17.2 Å². The molecule has 2 rings (SSSR count). The largest absolute Gasteiger partial charge is 0.491 e. The highest BCUT2D eigenvalue weighted by molar-refractivity contribution is 5.67. The van der Waals surface area contributed by atoms with Crippen LogP contribution in [0, 0.1) is 11.8 Å². The normalized spacial score (nSPS) is 9.64. The van der Waals surface area contributed by atoms with Gasteiger partial charge >= 0.3 is 6.09 Å². The molecule has 0 heterocycles. The van der Waals surface area contributed by atoms with Crippen molar-refractivity contribution in [1.29, 1.82) is 0 Å². The number of aliphatic hydroxyl groups is 1. The lowest BCUT2D eigenvalue weighted by atomic mass is 10.2. The van der Waals surface area contributed by atoms with Gasteiger partial charge in [-0.3, -0.25) is 0 Å². The summed E-state index contributed by atoms with van der Waals surface area (Å²) in [5.74, 6) is 6.70. The number of amides is 1. The molecule has 25 heavy (non-hydrogen) atoms. The molecule has 0 spiro atoms. The Morgan fingerprint density at radius 3 is 2.56 bits per heavy atom. The second-order valence-electron chi connectivity index (χ2n) is 5.14. The van der Waals surface area contributed by atoms with Crippen molar-refractivity contribution >= 4 is 6.09 Å². The molecule has 0 fully saturated rings. The van der Waals surface area contributed by atoms with E-state index in [0.29, 0.717) is 18.7 Å². The molecule has 5 nitrogen and oxygen atoms in total. The van der Waals surface area contributed by atoms with Gasteiger partial charge in [-0.2, -0.15) is 0 Å². The monoisotopic (exact) mass is 339 g/mol. The van der Waals surface area contributed by atoms with E-state index >= 15 is 0 Å². The van der Waals surface area contributed by atoms with Gasteiger partial charge in [-0.1, -0.05) is 42.2 Å². The molecule has 0 saturated heterocycles. The minimum atomic E-state index is -0.448. The summed E-state index contributed by atoms with van der Waals surface area (Å²) in [6, 6.07) is 16.8. The second kappa shape index (κ2) is 10.7. The van der Waals surface area contributed by atoms with E-state index in [9.17, 15) is 4.79 Å². The third-order valence-electron chi connectivity index (χ3n) is 3.18. The highest BCUT2D eigenvalue weighted by Crippen LogP contribution is 2.11. The molecular weight excluding hydrogens is 318 g/mol. The number of nitrogens with one attached hydrogen (secondary N) is 1. The van der Waals surface area contributed by atoms with Crippen molar-refractivity contribution in [3.8, 4) is 17.6 Å². The minimum absolute atomic E-state index is 0.0116. The summed E-state index contributed by atoms with van der Waals surface area (Å²) in [5.41, 5.74) is 1.81. The number of benzene rings is 2. The molecule has 0 aliphatic carbocycles. The Balaban J connectivity index is 1.64. The van der Waals surface area contributed by atoms with Gasteiger partial charge in [0.05, 0.1) is 6.61 Å². The van der Waals surface area contributed by atoms with Gasteiger partial charge in [-0.15, -0.1) is 0 Å². The van der Waals surface area contributed by atoms with Gasteiger partial charge in [0.2, 0.25) is 0 Å². The summed E-state index contributed by atoms with van der Waals surface area (Å²) in [7, 11) is 0. The highest BCUT2D eigenvalue weighted by atomic mass is 16.5. The smallest absolute Gasteiger partial charge is 0.407 e. The van der Waals surface area contributed by atoms with E-state index in [0.717, 1.165) is 11.1 Å². The van der Waals surface area contributed by atoms with Crippen LogP contribution in [0.3, 0.4) is 0 Å². The fourth-order valence-electron chi connectivity index (χ4n) is 1.96. The van der Waals surface area contributed by atoms with Crippen molar-refractivity contribution in [3.05, 3.63) is 65.7 Å². The van der Waals surface area contributed by atoms with Crippen molar-refractivity contribution in [2.75, 3.05) is 19.8 Å². The topological polar surface area (TPSA) is 67.8 Å². The molecule has 0 aliphatic heterocycles. The molecule has 0 bridgehead atoms. The van der Waals surface area contributed by atoms with Gasteiger partial charge in [-0.05, 0) is 29.8 Å². The van der Waals surface area contributed by atoms with Crippen molar-refractivity contribution < 1.29 is 19.4 Å². The Labute approximate surface area is 147 Å². The number of aliphatic hydroxyl groups excluding tert-OH is 1. The van der Waals surface area contributed by atoms with E-state index in [1.54, 1.807) is 12.1 Å². The van der Waals surface area contributed by atoms with Crippen molar-refractivity contribution in [3.63, 3.8) is 0 Å². The Morgan fingerprint density at radius 1 is 1.08 bits per heavy atom. The van der Waals surface area contributed by atoms with E-state index in [4.69, 9.17) is 14.6 Å². The Bertz CT molecular complexity index is 702. The molecule has 0 aromatic heterocycles. The second-order valence-corrected chi connectivity index (χ2v) is 5.14. The fraction of sp³-hybridized carbons (Fsp3) is 0.250. The van der Waals surface area contributed by atoms with Gasteiger partial charge in [-0.25, -0.2) is 4.79 Å². The molecular formula is C20H21NO4. The van der Waals surface area contributed by atoms with Crippen molar-refractivity contribution in [1.82, 2.24) is 5.32 Å². The zero-order chi connectivity index (χ0) is 17.7. The van der Waals surface area contributed by atoms with Crippen LogP contribution in [-0.2, 0) is 11.3 Å². The summed E-state index contributed by atoms with van der Waals surface area (Å²) in [6.07, 6.45) is 0.0828. The highest BCUT2D eigenvalue weighted by Gasteiger charge is 2.00. The van der Waals surface area contributed by atoms with Crippen LogP contribution in [0.5, 0.6) is 5.75 Å². The third-order valence-corrected chi connectivity index (χ3v) is 3.18. The maximum atomic E-state index is 11.6. The summed E-state index contributed by atoms with van der Waals surface area (Å²) >= 11 is 0. The van der Waals surface area contributed by atoms with Gasteiger partial charge in [0.15, 0.2) is 0 Å². The molecule has 0 atom stereocenters. The summed E-state index contributed by atoms with van der Waals surface area (Å²) in [4.78, 5) is 11.6. The van der Waals surface area contributed by atoms with Crippen LogP contribution in [0.25, 0.3) is 0 Å². The SMILES string of the molecule is O=C(NCCC#Cc1ccc(OCCO)cc1)OCc1ccccc1. The van der Waals surface area contributed by atoms with E-state index < -0.39 is 6.09 Å². The third kappa shape index (κ3) is 7.42. The number of carbonyl (C=O) groups is 1. The summed E-state index contributed by atoms with van der Waals surface area (Å²) in [5, 5.41) is 11.4. The lowest BCUT2D eigenvalue weighted by molar-refractivity contribution is 0.140. The van der Waals surface area contributed by atoms with E-state index in [1.165, 1.54) is 0 Å². The number of rotatable bonds is 7. The Hall–Kier alpha value is -2.97. The Morgan fingerprint density at radius 2 is 1.84 bits per heavy atom. The number of carbonyl (C=O) groups excluding carboxylic acids is 1.